The average Bonchev–Trinajstić information content (AvgIpc) is 2.23. The Bertz CT molecular complexity index is 314. The van der Waals surface area contributed by atoms with Crippen LogP contribution in [0.25, 0.3) is 0 Å². The summed E-state index contributed by atoms with van der Waals surface area (Å²) in [5.41, 5.74) is 2.68. The van der Waals surface area contributed by atoms with Gasteiger partial charge in [0.1, 0.15) is 0 Å². The molecule has 1 aliphatic heterocycles. The van der Waals surface area contributed by atoms with Crippen LogP contribution < -0.4 is 9.80 Å². The third-order valence-corrected chi connectivity index (χ3v) is 2.91. The van der Waals surface area contributed by atoms with Crippen molar-refractivity contribution in [1.82, 2.24) is 0 Å². The number of rotatable bonds is 2. The van der Waals surface area contributed by atoms with Crippen molar-refractivity contribution in [2.45, 2.75) is 0 Å². The molecule has 0 saturated carbocycles. The van der Waals surface area contributed by atoms with Crippen LogP contribution in [0.1, 0.15) is 0 Å². The SMILES string of the molecule is CN1CCN(CCS)c2ccccc21. The second kappa shape index (κ2) is 4.13. The third-order valence-electron chi connectivity index (χ3n) is 2.71. The first-order valence-electron chi connectivity index (χ1n) is 4.99. The number of likely N-dealkylation sites (N-methyl/N-ethyl adjacent to an activating group) is 1. The van der Waals surface area contributed by atoms with Crippen LogP contribution >= 0.6 is 12.6 Å². The fourth-order valence-corrected chi connectivity index (χ4v) is 2.16. The van der Waals surface area contributed by atoms with E-state index >= 15 is 0 Å². The maximum absolute atomic E-state index is 4.29. The Labute approximate surface area is 90.9 Å². The second-order valence-corrected chi connectivity index (χ2v) is 4.07. The van der Waals surface area contributed by atoms with Crippen LogP contribution in [0.4, 0.5) is 11.4 Å². The molecule has 0 amide bonds. The minimum atomic E-state index is 0.915. The van der Waals surface area contributed by atoms with E-state index in [9.17, 15) is 0 Å². The van der Waals surface area contributed by atoms with Gasteiger partial charge in [0, 0.05) is 32.4 Å². The van der Waals surface area contributed by atoms with Crippen LogP contribution in [-0.4, -0.2) is 32.4 Å². The summed E-state index contributed by atoms with van der Waals surface area (Å²) in [6.07, 6.45) is 0. The summed E-state index contributed by atoms with van der Waals surface area (Å²) < 4.78 is 0. The Morgan fingerprint density at radius 3 is 2.64 bits per heavy atom. The molecule has 0 aromatic heterocycles. The average molecular weight is 208 g/mol. The van der Waals surface area contributed by atoms with Gasteiger partial charge in [0.2, 0.25) is 0 Å². The monoisotopic (exact) mass is 208 g/mol. The van der Waals surface area contributed by atoms with Crippen LogP contribution in [0.5, 0.6) is 0 Å². The van der Waals surface area contributed by atoms with Gasteiger partial charge in [-0.3, -0.25) is 0 Å². The third kappa shape index (κ3) is 1.69. The molecule has 0 saturated heterocycles. The van der Waals surface area contributed by atoms with Gasteiger partial charge in [0.15, 0.2) is 0 Å². The minimum absolute atomic E-state index is 0.915. The van der Waals surface area contributed by atoms with Gasteiger partial charge < -0.3 is 9.80 Å². The van der Waals surface area contributed by atoms with Crippen LogP contribution in [0.3, 0.4) is 0 Å². The number of para-hydroxylation sites is 2. The predicted molar refractivity (Wildman–Crippen MR) is 65.8 cm³/mol. The molecule has 0 N–H and O–H groups in total. The van der Waals surface area contributed by atoms with E-state index in [1.54, 1.807) is 0 Å². The van der Waals surface area contributed by atoms with Gasteiger partial charge in [-0.15, -0.1) is 0 Å². The maximum atomic E-state index is 4.29. The lowest BCUT2D eigenvalue weighted by molar-refractivity contribution is 0.757. The normalized spacial score (nSPS) is 15.6. The number of nitrogens with zero attached hydrogens (tertiary/aromatic N) is 2. The van der Waals surface area contributed by atoms with Crippen molar-refractivity contribution in [2.75, 3.05) is 42.2 Å². The number of thiol groups is 1. The molecular formula is C11H16N2S. The summed E-state index contributed by atoms with van der Waals surface area (Å²) in [6, 6.07) is 8.57. The molecule has 0 atom stereocenters. The molecule has 0 spiro atoms. The van der Waals surface area contributed by atoms with E-state index in [0.717, 1.165) is 25.4 Å². The molecule has 76 valence electrons. The van der Waals surface area contributed by atoms with Gasteiger partial charge in [-0.2, -0.15) is 12.6 Å². The zero-order chi connectivity index (χ0) is 9.97. The first kappa shape index (κ1) is 9.71. The fourth-order valence-electron chi connectivity index (χ4n) is 1.92. The van der Waals surface area contributed by atoms with E-state index in [0.29, 0.717) is 0 Å². The minimum Gasteiger partial charge on any atom is -0.371 e. The zero-order valence-corrected chi connectivity index (χ0v) is 9.37. The highest BCUT2D eigenvalue weighted by molar-refractivity contribution is 7.80. The molecule has 0 unspecified atom stereocenters. The first-order chi connectivity index (χ1) is 6.83. The molecule has 2 nitrogen and oxygen atoms in total. The van der Waals surface area contributed by atoms with E-state index < -0.39 is 0 Å². The van der Waals surface area contributed by atoms with Gasteiger partial charge in [0.05, 0.1) is 11.4 Å². The van der Waals surface area contributed by atoms with Crippen molar-refractivity contribution in [3.8, 4) is 0 Å². The van der Waals surface area contributed by atoms with Crippen molar-refractivity contribution in [3.63, 3.8) is 0 Å². The van der Waals surface area contributed by atoms with Crippen molar-refractivity contribution in [3.05, 3.63) is 24.3 Å². The summed E-state index contributed by atoms with van der Waals surface area (Å²) in [5.74, 6) is 0.915. The standard InChI is InChI=1S/C11H16N2S/c1-12-6-7-13(8-9-14)11-5-3-2-4-10(11)12/h2-5,14H,6-9H2,1H3. The summed E-state index contributed by atoms with van der Waals surface area (Å²) in [5, 5.41) is 0. The Morgan fingerprint density at radius 1 is 1.21 bits per heavy atom. The lowest BCUT2D eigenvalue weighted by Crippen LogP contribution is -2.40. The Hall–Kier alpha value is -0.830. The van der Waals surface area contributed by atoms with Gasteiger partial charge in [-0.25, -0.2) is 0 Å². The lowest BCUT2D eigenvalue weighted by Gasteiger charge is -2.36. The van der Waals surface area contributed by atoms with Crippen LogP contribution in [0, 0.1) is 0 Å². The van der Waals surface area contributed by atoms with Gasteiger partial charge in [-0.1, -0.05) is 12.1 Å². The molecule has 14 heavy (non-hydrogen) atoms. The van der Waals surface area contributed by atoms with Crippen molar-refractivity contribution in [1.29, 1.82) is 0 Å². The van der Waals surface area contributed by atoms with E-state index in [4.69, 9.17) is 0 Å². The molecule has 1 aliphatic rings. The van der Waals surface area contributed by atoms with E-state index in [2.05, 4.69) is 53.7 Å². The molecule has 3 heteroatoms. The van der Waals surface area contributed by atoms with E-state index in [-0.39, 0.29) is 0 Å². The first-order valence-corrected chi connectivity index (χ1v) is 5.62. The Morgan fingerprint density at radius 2 is 1.93 bits per heavy atom. The highest BCUT2D eigenvalue weighted by atomic mass is 32.1. The highest BCUT2D eigenvalue weighted by Gasteiger charge is 2.18. The lowest BCUT2D eigenvalue weighted by atomic mass is 10.2. The quantitative estimate of drug-likeness (QED) is 0.741. The van der Waals surface area contributed by atoms with Gasteiger partial charge >= 0.3 is 0 Å². The summed E-state index contributed by atoms with van der Waals surface area (Å²) >= 11 is 4.29. The molecule has 0 aliphatic carbocycles. The largest absolute Gasteiger partial charge is 0.371 e. The molecule has 2 rings (SSSR count). The van der Waals surface area contributed by atoms with Crippen molar-refractivity contribution < 1.29 is 0 Å². The molecule has 1 aromatic rings. The van der Waals surface area contributed by atoms with Gasteiger partial charge in [0.25, 0.3) is 0 Å². The molecule has 0 bridgehead atoms. The molecular weight excluding hydrogens is 192 g/mol. The topological polar surface area (TPSA) is 6.48 Å². The Kier molecular flexibility index (Phi) is 2.87. The number of hydrogen-bond donors (Lipinski definition) is 1. The van der Waals surface area contributed by atoms with Crippen LogP contribution in [0.2, 0.25) is 0 Å². The molecule has 1 aromatic carbocycles. The summed E-state index contributed by atoms with van der Waals surface area (Å²) in [4.78, 5) is 4.71. The smallest absolute Gasteiger partial charge is 0.0604 e. The fraction of sp³-hybridized carbons (Fsp3) is 0.455. The number of anilines is 2. The summed E-state index contributed by atoms with van der Waals surface area (Å²) in [6.45, 7) is 3.24. The zero-order valence-electron chi connectivity index (χ0n) is 8.48. The number of benzene rings is 1. The van der Waals surface area contributed by atoms with E-state index in [1.165, 1.54) is 11.4 Å². The van der Waals surface area contributed by atoms with Gasteiger partial charge in [-0.05, 0) is 12.1 Å². The molecule has 1 heterocycles. The van der Waals surface area contributed by atoms with E-state index in [1.807, 2.05) is 0 Å². The van der Waals surface area contributed by atoms with Crippen molar-refractivity contribution >= 4 is 24.0 Å². The second-order valence-electron chi connectivity index (χ2n) is 3.62. The molecule has 0 radical (unpaired) electrons. The van der Waals surface area contributed by atoms with Crippen LogP contribution in [-0.2, 0) is 0 Å². The summed E-state index contributed by atoms with van der Waals surface area (Å²) in [7, 11) is 2.15. The van der Waals surface area contributed by atoms with Crippen molar-refractivity contribution in [2.24, 2.45) is 0 Å². The molecule has 0 fully saturated rings. The number of hydrogen-bond acceptors (Lipinski definition) is 3. The predicted octanol–water partition coefficient (Wildman–Crippen LogP) is 1.87. The Balaban J connectivity index is 2.31. The highest BCUT2D eigenvalue weighted by Crippen LogP contribution is 2.31. The number of fused-ring (bicyclic) bond motifs is 1. The maximum Gasteiger partial charge on any atom is 0.0604 e. The van der Waals surface area contributed by atoms with Crippen LogP contribution in [0.15, 0.2) is 24.3 Å².